The number of pyridine rings is 2. The number of anilines is 1. The second-order valence-corrected chi connectivity index (χ2v) is 5.83. The standard InChI is InChI=1S/C16H17ClN4O/c17-14-10-20-9-13(12-2-1-5-19-8-12)15(14)21-6-3-11(4-7-21)16(18)22/h1-2,5,8-11H,3-4,6-7H2,(H2,18,22). The lowest BCUT2D eigenvalue weighted by Crippen LogP contribution is -2.38. The molecule has 0 spiro atoms. The minimum atomic E-state index is -0.215. The van der Waals surface area contributed by atoms with Gasteiger partial charge in [-0.1, -0.05) is 17.7 Å². The number of nitrogens with two attached hydrogens (primary N) is 1. The van der Waals surface area contributed by atoms with Crippen LogP contribution in [-0.2, 0) is 4.79 Å². The molecule has 0 aromatic carbocycles. The molecule has 3 rings (SSSR count). The molecule has 2 aromatic rings. The number of amides is 1. The second kappa shape index (κ2) is 6.32. The molecular weight excluding hydrogens is 300 g/mol. The lowest BCUT2D eigenvalue weighted by atomic mass is 9.95. The molecule has 1 amide bonds. The van der Waals surface area contributed by atoms with Crippen molar-refractivity contribution in [3.63, 3.8) is 0 Å². The van der Waals surface area contributed by atoms with Gasteiger partial charge in [0.1, 0.15) is 0 Å². The first kappa shape index (κ1) is 14.8. The number of carbonyl (C=O) groups is 1. The van der Waals surface area contributed by atoms with Crippen molar-refractivity contribution in [1.29, 1.82) is 0 Å². The molecule has 0 unspecified atom stereocenters. The van der Waals surface area contributed by atoms with Crippen LogP contribution >= 0.6 is 11.6 Å². The van der Waals surface area contributed by atoms with Gasteiger partial charge in [-0.25, -0.2) is 0 Å². The largest absolute Gasteiger partial charge is 0.370 e. The maximum atomic E-state index is 11.3. The fraction of sp³-hybridized carbons (Fsp3) is 0.312. The van der Waals surface area contributed by atoms with Crippen LogP contribution in [0.3, 0.4) is 0 Å². The van der Waals surface area contributed by atoms with Crippen molar-refractivity contribution in [3.8, 4) is 11.1 Å². The highest BCUT2D eigenvalue weighted by atomic mass is 35.5. The van der Waals surface area contributed by atoms with Crippen molar-refractivity contribution >= 4 is 23.2 Å². The molecule has 1 aliphatic rings. The van der Waals surface area contributed by atoms with Gasteiger partial charge in [-0.05, 0) is 18.9 Å². The Morgan fingerprint density at radius 3 is 2.64 bits per heavy atom. The molecule has 0 radical (unpaired) electrons. The van der Waals surface area contributed by atoms with Gasteiger partial charge in [0, 0.05) is 54.9 Å². The zero-order valence-corrected chi connectivity index (χ0v) is 12.8. The number of piperidine rings is 1. The summed E-state index contributed by atoms with van der Waals surface area (Å²) in [6, 6.07) is 3.87. The Labute approximate surface area is 134 Å². The summed E-state index contributed by atoms with van der Waals surface area (Å²) in [5.41, 5.74) is 8.28. The average Bonchev–Trinajstić information content (AvgIpc) is 2.55. The van der Waals surface area contributed by atoms with Crippen LogP contribution in [0.25, 0.3) is 11.1 Å². The van der Waals surface area contributed by atoms with E-state index in [2.05, 4.69) is 14.9 Å². The summed E-state index contributed by atoms with van der Waals surface area (Å²) in [5, 5.41) is 0.610. The van der Waals surface area contributed by atoms with Gasteiger partial charge in [-0.15, -0.1) is 0 Å². The third kappa shape index (κ3) is 2.90. The molecule has 5 nitrogen and oxygen atoms in total. The van der Waals surface area contributed by atoms with E-state index < -0.39 is 0 Å². The van der Waals surface area contributed by atoms with Gasteiger partial charge in [-0.3, -0.25) is 14.8 Å². The Hall–Kier alpha value is -2.14. The van der Waals surface area contributed by atoms with Gasteiger partial charge < -0.3 is 10.6 Å². The molecule has 0 saturated carbocycles. The van der Waals surface area contributed by atoms with Crippen LogP contribution in [0.2, 0.25) is 5.02 Å². The highest BCUT2D eigenvalue weighted by molar-refractivity contribution is 6.33. The van der Waals surface area contributed by atoms with Crippen molar-refractivity contribution in [3.05, 3.63) is 41.9 Å². The quantitative estimate of drug-likeness (QED) is 0.944. The van der Waals surface area contributed by atoms with Gasteiger partial charge in [0.15, 0.2) is 0 Å². The summed E-state index contributed by atoms with van der Waals surface area (Å²) in [6.45, 7) is 1.51. The van der Waals surface area contributed by atoms with Gasteiger partial charge in [0.2, 0.25) is 5.91 Å². The molecule has 0 bridgehead atoms. The fourth-order valence-electron chi connectivity index (χ4n) is 2.87. The molecule has 0 atom stereocenters. The van der Waals surface area contributed by atoms with Crippen molar-refractivity contribution < 1.29 is 4.79 Å². The lowest BCUT2D eigenvalue weighted by Gasteiger charge is -2.34. The molecule has 114 valence electrons. The maximum Gasteiger partial charge on any atom is 0.220 e. The summed E-state index contributed by atoms with van der Waals surface area (Å²) < 4.78 is 0. The summed E-state index contributed by atoms with van der Waals surface area (Å²) in [7, 11) is 0. The van der Waals surface area contributed by atoms with Crippen molar-refractivity contribution in [1.82, 2.24) is 9.97 Å². The van der Waals surface area contributed by atoms with Gasteiger partial charge in [0.25, 0.3) is 0 Å². The predicted octanol–water partition coefficient (Wildman–Crippen LogP) is 2.50. The van der Waals surface area contributed by atoms with Crippen molar-refractivity contribution in [2.45, 2.75) is 12.8 Å². The van der Waals surface area contributed by atoms with Crippen LogP contribution in [0, 0.1) is 5.92 Å². The van der Waals surface area contributed by atoms with Gasteiger partial charge in [-0.2, -0.15) is 0 Å². The van der Waals surface area contributed by atoms with E-state index >= 15 is 0 Å². The number of primary amides is 1. The number of carbonyl (C=O) groups excluding carboxylic acids is 1. The Morgan fingerprint density at radius 2 is 2.00 bits per heavy atom. The minimum absolute atomic E-state index is 0.0429. The second-order valence-electron chi connectivity index (χ2n) is 5.42. The number of halogens is 1. The highest BCUT2D eigenvalue weighted by Crippen LogP contribution is 2.37. The zero-order valence-electron chi connectivity index (χ0n) is 12.1. The first-order valence-electron chi connectivity index (χ1n) is 7.25. The molecule has 2 N–H and O–H groups in total. The number of rotatable bonds is 3. The number of hydrogen-bond donors (Lipinski definition) is 1. The van der Waals surface area contributed by atoms with E-state index in [9.17, 15) is 4.79 Å². The smallest absolute Gasteiger partial charge is 0.220 e. The summed E-state index contributed by atoms with van der Waals surface area (Å²) >= 11 is 6.40. The van der Waals surface area contributed by atoms with Crippen LogP contribution < -0.4 is 10.6 Å². The van der Waals surface area contributed by atoms with Crippen molar-refractivity contribution in [2.24, 2.45) is 11.7 Å². The predicted molar refractivity (Wildman–Crippen MR) is 86.6 cm³/mol. The summed E-state index contributed by atoms with van der Waals surface area (Å²) in [4.78, 5) is 21.9. The van der Waals surface area contributed by atoms with Crippen LogP contribution in [0.1, 0.15) is 12.8 Å². The third-order valence-electron chi connectivity index (χ3n) is 4.06. The normalized spacial score (nSPS) is 15.8. The van der Waals surface area contributed by atoms with Gasteiger partial charge in [0.05, 0.1) is 10.7 Å². The molecular formula is C16H17ClN4O. The van der Waals surface area contributed by atoms with E-state index in [1.54, 1.807) is 24.8 Å². The molecule has 3 heterocycles. The number of nitrogens with zero attached hydrogens (tertiary/aromatic N) is 3. The Kier molecular flexibility index (Phi) is 4.24. The Balaban J connectivity index is 1.93. The summed E-state index contributed by atoms with van der Waals surface area (Å²) in [6.07, 6.45) is 8.49. The Bertz CT molecular complexity index is 669. The SMILES string of the molecule is NC(=O)C1CCN(c2c(Cl)cncc2-c2cccnc2)CC1. The maximum absolute atomic E-state index is 11.3. The van der Waals surface area contributed by atoms with Crippen molar-refractivity contribution in [2.75, 3.05) is 18.0 Å². The van der Waals surface area contributed by atoms with E-state index in [0.717, 1.165) is 42.7 Å². The average molecular weight is 317 g/mol. The topological polar surface area (TPSA) is 72.1 Å². The van der Waals surface area contributed by atoms with E-state index in [1.165, 1.54) is 0 Å². The number of aromatic nitrogens is 2. The van der Waals surface area contributed by atoms with E-state index in [0.29, 0.717) is 5.02 Å². The summed E-state index contributed by atoms with van der Waals surface area (Å²) in [5.74, 6) is -0.258. The molecule has 1 fully saturated rings. The molecule has 22 heavy (non-hydrogen) atoms. The lowest BCUT2D eigenvalue weighted by molar-refractivity contribution is -0.122. The minimum Gasteiger partial charge on any atom is -0.370 e. The molecule has 1 saturated heterocycles. The third-order valence-corrected chi connectivity index (χ3v) is 4.34. The zero-order chi connectivity index (χ0) is 15.5. The molecule has 2 aromatic heterocycles. The van der Waals surface area contributed by atoms with E-state index in [-0.39, 0.29) is 11.8 Å². The van der Waals surface area contributed by atoms with Crippen LogP contribution in [0.5, 0.6) is 0 Å². The fourth-order valence-corrected chi connectivity index (χ4v) is 3.15. The highest BCUT2D eigenvalue weighted by Gasteiger charge is 2.26. The van der Waals surface area contributed by atoms with Crippen LogP contribution in [0.4, 0.5) is 5.69 Å². The van der Waals surface area contributed by atoms with Crippen LogP contribution in [-0.4, -0.2) is 29.0 Å². The van der Waals surface area contributed by atoms with E-state index in [4.69, 9.17) is 17.3 Å². The monoisotopic (exact) mass is 316 g/mol. The van der Waals surface area contributed by atoms with Crippen LogP contribution in [0.15, 0.2) is 36.9 Å². The number of hydrogen-bond acceptors (Lipinski definition) is 4. The molecule has 1 aliphatic heterocycles. The first-order chi connectivity index (χ1) is 10.7. The first-order valence-corrected chi connectivity index (χ1v) is 7.63. The van der Waals surface area contributed by atoms with E-state index in [1.807, 2.05) is 12.1 Å². The molecule has 6 heteroatoms. The van der Waals surface area contributed by atoms with Gasteiger partial charge >= 0.3 is 0 Å². The molecule has 0 aliphatic carbocycles. The Morgan fingerprint density at radius 1 is 1.23 bits per heavy atom.